The second kappa shape index (κ2) is 6.64. The zero-order chi connectivity index (χ0) is 18.9. The molecule has 26 heavy (non-hydrogen) atoms. The Hall–Kier alpha value is -3.14. The Morgan fingerprint density at radius 3 is 2.46 bits per heavy atom. The van der Waals surface area contributed by atoms with Crippen molar-refractivity contribution in [3.8, 4) is 5.75 Å². The van der Waals surface area contributed by atoms with E-state index in [1.165, 1.54) is 41.3 Å². The summed E-state index contributed by atoms with van der Waals surface area (Å²) in [4.78, 5) is 23.3. The van der Waals surface area contributed by atoms with Crippen LogP contribution < -0.4 is 14.4 Å². The van der Waals surface area contributed by atoms with Crippen molar-refractivity contribution < 1.29 is 22.3 Å². The monoisotopic (exact) mass is 377 g/mol. The first kappa shape index (κ1) is 17.7. The van der Waals surface area contributed by atoms with E-state index in [1.54, 1.807) is 6.92 Å². The van der Waals surface area contributed by atoms with Crippen LogP contribution in [0.2, 0.25) is 0 Å². The summed E-state index contributed by atoms with van der Waals surface area (Å²) in [6, 6.07) is 9.15. The number of hydrogen-bond donors (Lipinski definition) is 1. The topological polar surface area (TPSA) is 119 Å². The molecule has 1 fully saturated rings. The van der Waals surface area contributed by atoms with Gasteiger partial charge in [0, 0.05) is 24.8 Å². The summed E-state index contributed by atoms with van der Waals surface area (Å²) in [6.07, 6.45) is 0. The fraction of sp³-hybridized carbons (Fsp3) is 0.188. The largest absolute Gasteiger partial charge is 0.379 e. The van der Waals surface area contributed by atoms with Crippen molar-refractivity contribution in [2.45, 2.75) is 11.8 Å². The van der Waals surface area contributed by atoms with Gasteiger partial charge < -0.3 is 9.50 Å². The lowest BCUT2D eigenvalue weighted by atomic mass is 10.2. The summed E-state index contributed by atoms with van der Waals surface area (Å²) in [5.74, 6) is -0.139. The average molecular weight is 377 g/mol. The van der Waals surface area contributed by atoms with Gasteiger partial charge in [-0.25, -0.2) is 4.79 Å². The van der Waals surface area contributed by atoms with Crippen molar-refractivity contribution in [3.05, 3.63) is 58.1 Å². The number of aryl methyl sites for hydroxylation is 1. The molecule has 0 spiro atoms. The molecule has 0 aromatic heterocycles. The van der Waals surface area contributed by atoms with Crippen LogP contribution in [0.5, 0.6) is 5.75 Å². The molecule has 0 unspecified atom stereocenters. The Balaban J connectivity index is 1.84. The average Bonchev–Trinajstić information content (AvgIpc) is 3.00. The highest BCUT2D eigenvalue weighted by atomic mass is 32.2. The van der Waals surface area contributed by atoms with Gasteiger partial charge in [-0.15, -0.1) is 0 Å². The van der Waals surface area contributed by atoms with E-state index in [0.29, 0.717) is 24.3 Å². The maximum Gasteiger partial charge on any atom is 0.339 e. The molecular formula is C16H15N3O6S. The van der Waals surface area contributed by atoms with E-state index >= 15 is 0 Å². The standard InChI is InChI=1S/C16H15N3O6S/c1-11-8-13(19(21)22)10-14(9-11)25-26(23,24)15-4-2-12(3-5-15)18-7-6-17-16(18)20/h2-5,8-10H,6-7H2,1H3,(H,17,20). The number of nitro groups is 1. The fourth-order valence-electron chi connectivity index (χ4n) is 2.57. The molecule has 1 heterocycles. The number of carbonyl (C=O) groups excluding carboxylic acids is 1. The third kappa shape index (κ3) is 3.59. The quantitative estimate of drug-likeness (QED) is 0.485. The lowest BCUT2D eigenvalue weighted by Gasteiger charge is -2.14. The van der Waals surface area contributed by atoms with Crippen LogP contribution in [-0.2, 0) is 10.1 Å². The van der Waals surface area contributed by atoms with Gasteiger partial charge >= 0.3 is 16.1 Å². The van der Waals surface area contributed by atoms with Gasteiger partial charge in [0.25, 0.3) is 5.69 Å². The zero-order valence-corrected chi connectivity index (χ0v) is 14.5. The van der Waals surface area contributed by atoms with Crippen LogP contribution in [-0.4, -0.2) is 32.5 Å². The minimum absolute atomic E-state index is 0.120. The third-order valence-electron chi connectivity index (χ3n) is 3.75. The highest BCUT2D eigenvalue weighted by Gasteiger charge is 2.23. The van der Waals surface area contributed by atoms with Crippen LogP contribution in [0.4, 0.5) is 16.2 Å². The molecule has 0 aliphatic carbocycles. The van der Waals surface area contributed by atoms with Crippen molar-refractivity contribution in [2.24, 2.45) is 0 Å². The van der Waals surface area contributed by atoms with Gasteiger partial charge in [0.2, 0.25) is 0 Å². The number of carbonyl (C=O) groups is 1. The second-order valence-corrected chi connectivity index (χ2v) is 7.22. The van der Waals surface area contributed by atoms with Crippen LogP contribution >= 0.6 is 0 Å². The Kier molecular flexibility index (Phi) is 4.51. The first-order valence-electron chi connectivity index (χ1n) is 7.62. The number of amides is 2. The molecule has 2 aromatic rings. The van der Waals surface area contributed by atoms with Crippen molar-refractivity contribution >= 4 is 27.5 Å². The molecule has 3 rings (SSSR count). The summed E-state index contributed by atoms with van der Waals surface area (Å²) >= 11 is 0. The molecule has 1 aliphatic rings. The molecule has 0 saturated carbocycles. The van der Waals surface area contributed by atoms with Gasteiger partial charge in [0.1, 0.15) is 10.6 Å². The minimum atomic E-state index is -4.17. The molecule has 136 valence electrons. The molecular weight excluding hydrogens is 362 g/mol. The van der Waals surface area contributed by atoms with E-state index in [1.807, 2.05) is 0 Å². The number of anilines is 1. The highest BCUT2D eigenvalue weighted by molar-refractivity contribution is 7.87. The van der Waals surface area contributed by atoms with Crippen molar-refractivity contribution in [2.75, 3.05) is 18.0 Å². The normalized spacial score (nSPS) is 14.2. The van der Waals surface area contributed by atoms with Crippen LogP contribution in [0, 0.1) is 17.0 Å². The van der Waals surface area contributed by atoms with Crippen molar-refractivity contribution in [1.82, 2.24) is 5.32 Å². The number of nitrogens with one attached hydrogen (secondary N) is 1. The summed E-state index contributed by atoms with van der Waals surface area (Å²) in [7, 11) is -4.17. The van der Waals surface area contributed by atoms with Crippen LogP contribution in [0.3, 0.4) is 0 Å². The van der Waals surface area contributed by atoms with E-state index in [4.69, 9.17) is 4.18 Å². The predicted octanol–water partition coefficient (Wildman–Crippen LogP) is 2.20. The lowest BCUT2D eigenvalue weighted by molar-refractivity contribution is -0.384. The third-order valence-corrected chi connectivity index (χ3v) is 5.01. The number of urea groups is 1. The van der Waals surface area contributed by atoms with Gasteiger partial charge in [-0.3, -0.25) is 15.0 Å². The molecule has 0 bridgehead atoms. The molecule has 2 amide bonds. The Labute approximate surface area is 149 Å². The van der Waals surface area contributed by atoms with E-state index in [9.17, 15) is 23.3 Å². The molecule has 10 heteroatoms. The maximum atomic E-state index is 12.4. The van der Waals surface area contributed by atoms with Crippen molar-refractivity contribution in [3.63, 3.8) is 0 Å². The first-order valence-corrected chi connectivity index (χ1v) is 9.03. The minimum Gasteiger partial charge on any atom is -0.379 e. The van der Waals surface area contributed by atoms with Gasteiger partial charge in [-0.05, 0) is 42.8 Å². The second-order valence-electron chi connectivity index (χ2n) is 5.68. The van der Waals surface area contributed by atoms with Crippen LogP contribution in [0.1, 0.15) is 5.56 Å². The zero-order valence-electron chi connectivity index (χ0n) is 13.7. The molecule has 9 nitrogen and oxygen atoms in total. The van der Waals surface area contributed by atoms with E-state index in [-0.39, 0.29) is 22.4 Å². The Morgan fingerprint density at radius 2 is 1.88 bits per heavy atom. The number of nitrogens with zero attached hydrogens (tertiary/aromatic N) is 2. The van der Waals surface area contributed by atoms with E-state index in [2.05, 4.69) is 5.32 Å². The highest BCUT2D eigenvalue weighted by Crippen LogP contribution is 2.26. The number of non-ortho nitro benzene ring substituents is 1. The first-order chi connectivity index (χ1) is 12.3. The Bertz CT molecular complexity index is 972. The smallest absolute Gasteiger partial charge is 0.339 e. The lowest BCUT2D eigenvalue weighted by Crippen LogP contribution is -2.27. The summed E-state index contributed by atoms with van der Waals surface area (Å²) in [5.41, 5.74) is 0.801. The molecule has 1 aliphatic heterocycles. The maximum absolute atomic E-state index is 12.4. The van der Waals surface area contributed by atoms with Crippen molar-refractivity contribution in [1.29, 1.82) is 0 Å². The van der Waals surface area contributed by atoms with Crippen LogP contribution in [0.15, 0.2) is 47.4 Å². The molecule has 1 N–H and O–H groups in total. The van der Waals surface area contributed by atoms with Gasteiger partial charge in [0.05, 0.1) is 11.0 Å². The van der Waals surface area contributed by atoms with E-state index in [0.717, 1.165) is 6.07 Å². The molecule has 1 saturated heterocycles. The number of hydrogen-bond acceptors (Lipinski definition) is 6. The molecule has 0 radical (unpaired) electrons. The number of nitro benzene ring substituents is 1. The SMILES string of the molecule is Cc1cc(OS(=O)(=O)c2ccc(N3CCNC3=O)cc2)cc([N+](=O)[O-])c1. The van der Waals surface area contributed by atoms with E-state index < -0.39 is 15.0 Å². The van der Waals surface area contributed by atoms with Gasteiger partial charge in [-0.1, -0.05) is 0 Å². The number of benzene rings is 2. The predicted molar refractivity (Wildman–Crippen MR) is 92.8 cm³/mol. The van der Waals surface area contributed by atoms with Gasteiger partial charge in [0.15, 0.2) is 0 Å². The van der Waals surface area contributed by atoms with Gasteiger partial charge in [-0.2, -0.15) is 8.42 Å². The fourth-order valence-corrected chi connectivity index (χ4v) is 3.48. The summed E-state index contributed by atoms with van der Waals surface area (Å²) < 4.78 is 29.8. The summed E-state index contributed by atoms with van der Waals surface area (Å²) in [5, 5.41) is 13.5. The Morgan fingerprint density at radius 1 is 1.19 bits per heavy atom. The summed E-state index contributed by atoms with van der Waals surface area (Å²) in [6.45, 7) is 2.62. The number of rotatable bonds is 5. The molecule has 2 aromatic carbocycles. The van der Waals surface area contributed by atoms with Crippen LogP contribution in [0.25, 0.3) is 0 Å². The molecule has 0 atom stereocenters.